The highest BCUT2D eigenvalue weighted by atomic mass is 19.4. The van der Waals surface area contributed by atoms with Crippen LogP contribution in [-0.2, 0) is 19.1 Å². The molecular weight excluding hydrogens is 397 g/mol. The van der Waals surface area contributed by atoms with Gasteiger partial charge in [0.1, 0.15) is 5.78 Å². The number of esters is 1. The van der Waals surface area contributed by atoms with Crippen molar-refractivity contribution in [1.29, 1.82) is 0 Å². The van der Waals surface area contributed by atoms with Gasteiger partial charge in [-0.05, 0) is 80.1 Å². The third-order valence-electron chi connectivity index (χ3n) is 8.95. The fourth-order valence-corrected chi connectivity index (χ4v) is 7.56. The molecular formula is C23H29F3O4. The van der Waals surface area contributed by atoms with Crippen LogP contribution in [0.3, 0.4) is 0 Å². The Morgan fingerprint density at radius 1 is 1.10 bits per heavy atom. The van der Waals surface area contributed by atoms with Crippen molar-refractivity contribution < 1.29 is 32.3 Å². The lowest BCUT2D eigenvalue weighted by Crippen LogP contribution is -2.53. The summed E-state index contributed by atoms with van der Waals surface area (Å²) < 4.78 is 42.7. The van der Waals surface area contributed by atoms with E-state index in [4.69, 9.17) is 0 Å². The quantitative estimate of drug-likeness (QED) is 0.595. The summed E-state index contributed by atoms with van der Waals surface area (Å²) in [4.78, 5) is 36.0. The normalized spacial score (nSPS) is 43.2. The first-order valence-corrected chi connectivity index (χ1v) is 10.9. The number of Topliss-reactive ketones (excluding diaryl/α,β-unsaturated/α-hetero) is 1. The largest absolute Gasteiger partial charge is 0.490 e. The van der Waals surface area contributed by atoms with E-state index in [9.17, 15) is 27.6 Å². The first kappa shape index (κ1) is 21.6. The molecule has 7 heteroatoms. The van der Waals surface area contributed by atoms with Gasteiger partial charge in [0.25, 0.3) is 0 Å². The highest BCUT2D eigenvalue weighted by Crippen LogP contribution is 2.66. The lowest BCUT2D eigenvalue weighted by Gasteiger charge is -2.58. The van der Waals surface area contributed by atoms with Crippen LogP contribution in [0, 0.1) is 34.5 Å². The van der Waals surface area contributed by atoms with Crippen molar-refractivity contribution in [2.24, 2.45) is 34.5 Å². The van der Waals surface area contributed by atoms with Gasteiger partial charge in [0.15, 0.2) is 11.9 Å². The number of hydrogen-bond acceptors (Lipinski definition) is 4. The van der Waals surface area contributed by atoms with E-state index in [1.807, 2.05) is 6.92 Å². The Morgan fingerprint density at radius 3 is 2.43 bits per heavy atom. The molecule has 0 heterocycles. The fourth-order valence-electron chi connectivity index (χ4n) is 7.56. The Labute approximate surface area is 174 Å². The molecule has 0 aliphatic heterocycles. The van der Waals surface area contributed by atoms with Crippen LogP contribution in [0.1, 0.15) is 65.7 Å². The van der Waals surface area contributed by atoms with E-state index in [0.29, 0.717) is 11.8 Å². The number of fused-ring (bicyclic) bond motifs is 5. The van der Waals surface area contributed by atoms with Gasteiger partial charge in [-0.2, -0.15) is 13.2 Å². The van der Waals surface area contributed by atoms with Gasteiger partial charge in [-0.15, -0.1) is 0 Å². The highest BCUT2D eigenvalue weighted by molar-refractivity contribution is 5.97. The summed E-state index contributed by atoms with van der Waals surface area (Å²) >= 11 is 0. The van der Waals surface area contributed by atoms with Gasteiger partial charge < -0.3 is 4.74 Å². The first-order chi connectivity index (χ1) is 13.9. The highest BCUT2D eigenvalue weighted by Gasteiger charge is 2.60. The smallest absolute Gasteiger partial charge is 0.447 e. The summed E-state index contributed by atoms with van der Waals surface area (Å²) in [7, 11) is 0. The molecule has 0 aromatic carbocycles. The zero-order valence-corrected chi connectivity index (χ0v) is 17.7. The van der Waals surface area contributed by atoms with E-state index in [0.717, 1.165) is 44.1 Å². The molecule has 0 spiro atoms. The molecule has 4 nitrogen and oxygen atoms in total. The predicted octanol–water partition coefficient (Wildman–Crippen LogP) is 4.81. The Hall–Kier alpha value is -1.66. The van der Waals surface area contributed by atoms with E-state index in [1.54, 1.807) is 6.92 Å². The molecule has 3 saturated carbocycles. The number of ketones is 2. The Kier molecular flexibility index (Phi) is 4.98. The summed E-state index contributed by atoms with van der Waals surface area (Å²) in [5.74, 6) is -1.49. The van der Waals surface area contributed by atoms with E-state index >= 15 is 0 Å². The summed E-state index contributed by atoms with van der Waals surface area (Å²) in [6, 6.07) is 0. The van der Waals surface area contributed by atoms with Crippen LogP contribution in [-0.4, -0.2) is 29.8 Å². The van der Waals surface area contributed by atoms with E-state index in [2.05, 4.69) is 11.7 Å². The van der Waals surface area contributed by atoms with E-state index in [1.165, 1.54) is 6.08 Å². The second-order valence-electron chi connectivity index (χ2n) is 10.3. The molecule has 166 valence electrons. The minimum atomic E-state index is -5.11. The molecule has 0 amide bonds. The SMILES string of the molecule is CC(=O)[C@H]1CC[C@H]2[C@@H]3CCC4=CC(=O)C(OC(=O)C(F)(F)F)C[C@]4(C)[C@H]3CC[C@]12C. The second-order valence-corrected chi connectivity index (χ2v) is 10.3. The zero-order chi connectivity index (χ0) is 22.1. The summed E-state index contributed by atoms with van der Waals surface area (Å²) in [6.45, 7) is 5.94. The molecule has 3 fully saturated rings. The molecule has 1 unspecified atom stereocenters. The van der Waals surface area contributed by atoms with E-state index < -0.39 is 29.4 Å². The summed E-state index contributed by atoms with van der Waals surface area (Å²) in [6.07, 6.45) is 0.432. The number of hydrogen-bond donors (Lipinski definition) is 0. The van der Waals surface area contributed by atoms with Crippen LogP contribution in [0.25, 0.3) is 0 Å². The van der Waals surface area contributed by atoms with Crippen LogP contribution in [0.4, 0.5) is 13.2 Å². The minimum absolute atomic E-state index is 0.0167. The zero-order valence-electron chi connectivity index (χ0n) is 17.7. The maximum atomic E-state index is 12.7. The molecule has 4 aliphatic carbocycles. The van der Waals surface area contributed by atoms with Gasteiger partial charge in [-0.1, -0.05) is 19.4 Å². The van der Waals surface area contributed by atoms with Gasteiger partial charge in [-0.3, -0.25) is 9.59 Å². The van der Waals surface area contributed by atoms with Crippen LogP contribution in [0.2, 0.25) is 0 Å². The monoisotopic (exact) mass is 426 g/mol. The molecule has 30 heavy (non-hydrogen) atoms. The number of ether oxygens (including phenoxy) is 1. The molecule has 4 aliphatic rings. The number of allylic oxidation sites excluding steroid dienone is 1. The van der Waals surface area contributed by atoms with Gasteiger partial charge in [-0.25, -0.2) is 4.79 Å². The molecule has 0 N–H and O–H groups in total. The Bertz CT molecular complexity index is 816. The molecule has 0 aromatic rings. The molecule has 0 aromatic heterocycles. The van der Waals surface area contributed by atoms with Crippen LogP contribution < -0.4 is 0 Å². The molecule has 0 saturated heterocycles. The Balaban J connectivity index is 1.60. The molecule has 7 atom stereocenters. The average molecular weight is 426 g/mol. The third-order valence-corrected chi connectivity index (χ3v) is 8.95. The van der Waals surface area contributed by atoms with Crippen molar-refractivity contribution in [2.45, 2.75) is 78.0 Å². The van der Waals surface area contributed by atoms with Gasteiger partial charge in [0, 0.05) is 12.3 Å². The maximum absolute atomic E-state index is 12.7. The second kappa shape index (κ2) is 6.92. The van der Waals surface area contributed by atoms with Crippen molar-refractivity contribution in [3.05, 3.63) is 11.6 Å². The number of carbonyl (C=O) groups is 3. The van der Waals surface area contributed by atoms with Crippen molar-refractivity contribution >= 4 is 17.5 Å². The minimum Gasteiger partial charge on any atom is -0.447 e. The number of carbonyl (C=O) groups excluding carboxylic acids is 3. The fraction of sp³-hybridized carbons (Fsp3) is 0.783. The standard InChI is InChI=1S/C23H29F3O4/c1-12(27)15-6-7-16-14-5-4-13-10-18(28)19(30-20(29)23(24,25)26)11-22(13,3)17(14)8-9-21(15,16)2/h10,14-17,19H,4-9,11H2,1-3H3/t14-,15+,16-,17-,19?,21+,22-/m0/s1. The predicted molar refractivity (Wildman–Crippen MR) is 102 cm³/mol. The van der Waals surface area contributed by atoms with Crippen LogP contribution in [0.5, 0.6) is 0 Å². The van der Waals surface area contributed by atoms with Crippen molar-refractivity contribution in [3.63, 3.8) is 0 Å². The van der Waals surface area contributed by atoms with Crippen molar-refractivity contribution in [2.75, 3.05) is 0 Å². The number of halogens is 3. The van der Waals surface area contributed by atoms with E-state index in [-0.39, 0.29) is 29.5 Å². The van der Waals surface area contributed by atoms with Crippen LogP contribution in [0.15, 0.2) is 11.6 Å². The van der Waals surface area contributed by atoms with Crippen molar-refractivity contribution in [1.82, 2.24) is 0 Å². The lowest BCUT2D eigenvalue weighted by molar-refractivity contribution is -0.206. The van der Waals surface area contributed by atoms with Crippen molar-refractivity contribution in [3.8, 4) is 0 Å². The number of alkyl halides is 3. The Morgan fingerprint density at radius 2 is 1.80 bits per heavy atom. The summed E-state index contributed by atoms with van der Waals surface area (Å²) in [5.41, 5.74) is 0.512. The topological polar surface area (TPSA) is 60.4 Å². The third kappa shape index (κ3) is 3.14. The maximum Gasteiger partial charge on any atom is 0.490 e. The molecule has 0 bridgehead atoms. The average Bonchev–Trinajstić information content (AvgIpc) is 2.99. The van der Waals surface area contributed by atoms with Gasteiger partial charge in [0.2, 0.25) is 0 Å². The molecule has 4 rings (SSSR count). The summed E-state index contributed by atoms with van der Waals surface area (Å²) in [5, 5.41) is 0. The molecule has 0 radical (unpaired) electrons. The lowest BCUT2D eigenvalue weighted by atomic mass is 9.46. The number of rotatable bonds is 2. The first-order valence-electron chi connectivity index (χ1n) is 10.9. The van der Waals surface area contributed by atoms with Crippen LogP contribution >= 0.6 is 0 Å². The van der Waals surface area contributed by atoms with Gasteiger partial charge >= 0.3 is 12.1 Å². The van der Waals surface area contributed by atoms with Gasteiger partial charge in [0.05, 0.1) is 0 Å².